The van der Waals surface area contributed by atoms with Crippen molar-refractivity contribution in [2.24, 2.45) is 11.7 Å². The number of phosphoric ester groups is 2. The largest absolute Gasteiger partial charge is 0.481 e. The van der Waals surface area contributed by atoms with E-state index in [0.717, 1.165) is 6.33 Å². The molecule has 10 N–H and O–H groups in total. The van der Waals surface area contributed by atoms with Crippen molar-refractivity contribution in [3.63, 3.8) is 0 Å². The molecule has 2 fully saturated rings. The molecule has 242 valence electrons. The van der Waals surface area contributed by atoms with Crippen LogP contribution in [0.2, 0.25) is 0 Å². The third-order valence-corrected chi connectivity index (χ3v) is 9.80. The first-order valence-electron chi connectivity index (χ1n) is 13.0. The molecule has 44 heavy (non-hydrogen) atoms. The summed E-state index contributed by atoms with van der Waals surface area (Å²) in [6.07, 6.45) is -4.09. The number of allylic oxidation sites excluding steroid dienone is 1. The van der Waals surface area contributed by atoms with E-state index in [1.165, 1.54) is 17.0 Å². The molecule has 0 saturated carbocycles. The number of carbonyl (C=O) groups excluding carboxylic acids is 1. The minimum Gasteiger partial charge on any atom is -0.388 e. The molecule has 2 aromatic heterocycles. The van der Waals surface area contributed by atoms with Crippen molar-refractivity contribution in [3.05, 3.63) is 36.5 Å². The summed E-state index contributed by atoms with van der Waals surface area (Å²) in [5, 5.41) is 41.7. The average molecular weight is 664 g/mol. The number of fused-ring (bicyclic) bond motifs is 1. The molecule has 22 heteroatoms. The lowest BCUT2D eigenvalue weighted by molar-refractivity contribution is -0.114. The zero-order chi connectivity index (χ0) is 32.0. The molecule has 0 radical (unpaired) electrons. The number of ether oxygens (including phenoxy) is 2. The van der Waals surface area contributed by atoms with Gasteiger partial charge in [-0.25, -0.2) is 24.1 Å². The van der Waals surface area contributed by atoms with E-state index in [1.54, 1.807) is 12.2 Å². The lowest BCUT2D eigenvalue weighted by Crippen LogP contribution is -2.36. The van der Waals surface area contributed by atoms with Crippen LogP contribution in [-0.2, 0) is 36.8 Å². The van der Waals surface area contributed by atoms with Gasteiger partial charge in [0.15, 0.2) is 17.7 Å². The number of nitrogen functional groups attached to an aromatic ring is 1. The van der Waals surface area contributed by atoms with Crippen LogP contribution in [0.3, 0.4) is 0 Å². The van der Waals surface area contributed by atoms with Gasteiger partial charge in [0.2, 0.25) is 5.91 Å². The highest BCUT2D eigenvalue weighted by molar-refractivity contribution is 7.61. The Morgan fingerprint density at radius 3 is 2.27 bits per heavy atom. The molecule has 11 atom stereocenters. The number of carbonyl (C=O) groups is 1. The van der Waals surface area contributed by atoms with Crippen molar-refractivity contribution in [2.75, 3.05) is 18.9 Å². The summed E-state index contributed by atoms with van der Waals surface area (Å²) < 4.78 is 51.0. The van der Waals surface area contributed by atoms with Gasteiger partial charge in [0.25, 0.3) is 0 Å². The number of amides is 1. The van der Waals surface area contributed by atoms with Crippen molar-refractivity contribution >= 4 is 38.5 Å². The van der Waals surface area contributed by atoms with E-state index in [2.05, 4.69) is 19.3 Å². The van der Waals surface area contributed by atoms with Crippen molar-refractivity contribution in [1.29, 1.82) is 0 Å². The second-order valence-corrected chi connectivity index (χ2v) is 13.2. The van der Waals surface area contributed by atoms with Crippen LogP contribution in [0.5, 0.6) is 0 Å². The van der Waals surface area contributed by atoms with Crippen molar-refractivity contribution in [2.45, 2.75) is 55.4 Å². The van der Waals surface area contributed by atoms with Crippen LogP contribution in [-0.4, -0.2) is 112 Å². The van der Waals surface area contributed by atoms with E-state index in [-0.39, 0.29) is 29.0 Å². The summed E-state index contributed by atoms with van der Waals surface area (Å²) in [4.78, 5) is 43.4. The summed E-state index contributed by atoms with van der Waals surface area (Å²) in [7, 11) is -10.7. The number of nitrogens with two attached hydrogens (primary N) is 2. The third kappa shape index (κ3) is 6.77. The molecule has 3 aliphatic rings. The standard InChI is InChI=1S/C22H30N6O14P2/c23-19-13-21(26-7-25-19)28(8-27-13)22-17(32)15(30)12(41-22)6-39-44(36,37)42-43(34,35)38-5-11-14(29)16(31)18(40-11)9-2-1-3-10(4-9)20(24)33/h1-2,4,7-9,11-12,14-18,22,29-32H,3,5-6H2,(H2,24,33)(H,34,35)(H,36,37)(H2,23,25,26). The topological polar surface area (TPSA) is 314 Å². The third-order valence-electron chi connectivity index (χ3n) is 7.19. The Balaban J connectivity index is 1.15. The fraction of sp³-hybridized carbons (Fsp3) is 0.545. The maximum absolute atomic E-state index is 12.4. The number of primary amides is 1. The van der Waals surface area contributed by atoms with Gasteiger partial charge in [-0.2, -0.15) is 4.31 Å². The van der Waals surface area contributed by atoms with Crippen molar-refractivity contribution in [1.82, 2.24) is 19.5 Å². The van der Waals surface area contributed by atoms with E-state index in [4.69, 9.17) is 30.0 Å². The van der Waals surface area contributed by atoms with Crippen molar-refractivity contribution in [3.8, 4) is 0 Å². The molecule has 2 aliphatic heterocycles. The van der Waals surface area contributed by atoms with Crippen LogP contribution in [0.1, 0.15) is 12.6 Å². The van der Waals surface area contributed by atoms with E-state index < -0.39 is 89.6 Å². The summed E-state index contributed by atoms with van der Waals surface area (Å²) >= 11 is 0. The first-order valence-corrected chi connectivity index (χ1v) is 16.0. The number of aliphatic hydroxyl groups is 4. The Morgan fingerprint density at radius 2 is 1.61 bits per heavy atom. The second-order valence-electron chi connectivity index (χ2n) is 10.1. The molecule has 20 nitrogen and oxygen atoms in total. The number of imidazole rings is 1. The molecular formula is C22H30N6O14P2. The predicted molar refractivity (Wildman–Crippen MR) is 143 cm³/mol. The molecular weight excluding hydrogens is 634 g/mol. The molecule has 5 rings (SSSR count). The Morgan fingerprint density at radius 1 is 0.977 bits per heavy atom. The average Bonchev–Trinajstić information content (AvgIpc) is 3.61. The van der Waals surface area contributed by atoms with Gasteiger partial charge >= 0.3 is 15.6 Å². The van der Waals surface area contributed by atoms with E-state index >= 15 is 0 Å². The maximum Gasteiger partial charge on any atom is 0.481 e. The normalized spacial score (nSPS) is 35.0. The Labute approximate surface area is 247 Å². The van der Waals surface area contributed by atoms with Gasteiger partial charge in [0, 0.05) is 11.5 Å². The lowest BCUT2D eigenvalue weighted by Gasteiger charge is -2.23. The fourth-order valence-corrected chi connectivity index (χ4v) is 7.09. The number of rotatable bonds is 11. The predicted octanol–water partition coefficient (Wildman–Crippen LogP) is -2.24. The van der Waals surface area contributed by atoms with E-state index in [0.29, 0.717) is 0 Å². The quantitative estimate of drug-likeness (QED) is 0.0929. The molecule has 1 amide bonds. The Hall–Kier alpha value is -2.68. The van der Waals surface area contributed by atoms with Crippen LogP contribution >= 0.6 is 15.6 Å². The smallest absolute Gasteiger partial charge is 0.388 e. The van der Waals surface area contributed by atoms with Crippen LogP contribution in [0, 0.1) is 5.92 Å². The van der Waals surface area contributed by atoms with Crippen LogP contribution < -0.4 is 11.5 Å². The van der Waals surface area contributed by atoms with E-state index in [9.17, 15) is 44.1 Å². The monoisotopic (exact) mass is 664 g/mol. The number of aliphatic hydroxyl groups excluding tert-OH is 4. The highest BCUT2D eigenvalue weighted by atomic mass is 31.3. The Bertz CT molecular complexity index is 1550. The molecule has 0 spiro atoms. The number of aromatic nitrogens is 4. The molecule has 2 saturated heterocycles. The van der Waals surface area contributed by atoms with Crippen molar-refractivity contribution < 1.29 is 67.0 Å². The number of hydrogen-bond acceptors (Lipinski definition) is 16. The molecule has 4 heterocycles. The molecule has 1 aliphatic carbocycles. The minimum absolute atomic E-state index is 0.0537. The van der Waals surface area contributed by atoms with Gasteiger partial charge < -0.3 is 51.2 Å². The van der Waals surface area contributed by atoms with Gasteiger partial charge in [-0.15, -0.1) is 0 Å². The summed E-state index contributed by atoms with van der Waals surface area (Å²) in [6.45, 7) is -1.75. The SMILES string of the molecule is NC(=O)C1=CC(C2OC(COP(=O)(O)OP(=O)(O)OCC3OC(n4cnc5c(N)ncnc54)C(O)C3O)C(O)C2O)C=CC1. The number of anilines is 1. The number of nitrogens with zero attached hydrogens (tertiary/aromatic N) is 4. The summed E-state index contributed by atoms with van der Waals surface area (Å²) in [6, 6.07) is 0. The molecule has 11 unspecified atom stereocenters. The van der Waals surface area contributed by atoms with Gasteiger partial charge in [0.1, 0.15) is 48.5 Å². The fourth-order valence-electron chi connectivity index (χ4n) is 4.99. The molecule has 0 bridgehead atoms. The van der Waals surface area contributed by atoms with Gasteiger partial charge in [-0.05, 0) is 6.42 Å². The highest BCUT2D eigenvalue weighted by Gasteiger charge is 2.48. The molecule has 2 aromatic rings. The highest BCUT2D eigenvalue weighted by Crippen LogP contribution is 2.60. The van der Waals surface area contributed by atoms with Gasteiger partial charge in [0.05, 0.1) is 25.6 Å². The maximum atomic E-state index is 12.4. The second kappa shape index (κ2) is 12.6. The first kappa shape index (κ1) is 32.7. The zero-order valence-electron chi connectivity index (χ0n) is 22.5. The van der Waals surface area contributed by atoms with Crippen LogP contribution in [0.4, 0.5) is 5.82 Å². The number of hydrogen-bond donors (Lipinski definition) is 8. The first-order chi connectivity index (χ1) is 20.7. The van der Waals surface area contributed by atoms with Crippen LogP contribution in [0.15, 0.2) is 36.5 Å². The van der Waals surface area contributed by atoms with Gasteiger partial charge in [-0.3, -0.25) is 18.4 Å². The lowest BCUT2D eigenvalue weighted by atomic mass is 9.89. The summed E-state index contributed by atoms with van der Waals surface area (Å²) in [5.41, 5.74) is 11.7. The number of phosphoric acid groups is 2. The molecule has 0 aromatic carbocycles. The Kier molecular flexibility index (Phi) is 9.37. The van der Waals surface area contributed by atoms with Crippen LogP contribution in [0.25, 0.3) is 11.2 Å². The van der Waals surface area contributed by atoms with Gasteiger partial charge in [-0.1, -0.05) is 18.2 Å². The van der Waals surface area contributed by atoms with E-state index in [1.807, 2.05) is 0 Å². The minimum atomic E-state index is -5.36. The zero-order valence-corrected chi connectivity index (χ0v) is 24.3. The summed E-state index contributed by atoms with van der Waals surface area (Å²) in [5.74, 6) is -1.27.